The van der Waals surface area contributed by atoms with Crippen LogP contribution in [0.15, 0.2) is 34.4 Å². The molecule has 0 aliphatic heterocycles. The van der Waals surface area contributed by atoms with Crippen molar-refractivity contribution in [3.63, 3.8) is 0 Å². The van der Waals surface area contributed by atoms with Gasteiger partial charge in [-0.05, 0) is 79.5 Å². The van der Waals surface area contributed by atoms with Crippen LogP contribution in [-0.4, -0.2) is 22.8 Å². The van der Waals surface area contributed by atoms with Crippen LogP contribution >= 0.6 is 0 Å². The van der Waals surface area contributed by atoms with Crippen LogP contribution in [0.3, 0.4) is 0 Å². The lowest BCUT2D eigenvalue weighted by molar-refractivity contribution is 0.290. The van der Waals surface area contributed by atoms with E-state index >= 15 is 8.78 Å². The number of nitrogens with one attached hydrogen (secondary N) is 1. The molecule has 0 saturated carbocycles. The molecule has 1 aromatic rings. The molecule has 4 heteroatoms. The molecule has 27 heavy (non-hydrogen) atoms. The summed E-state index contributed by atoms with van der Waals surface area (Å²) in [4.78, 5) is 1.79. The summed E-state index contributed by atoms with van der Waals surface area (Å²) >= 11 is 0. The molecule has 1 aliphatic rings. The Morgan fingerprint density at radius 3 is 1.74 bits per heavy atom. The summed E-state index contributed by atoms with van der Waals surface area (Å²) in [5, 5.41) is 8.46. The van der Waals surface area contributed by atoms with Crippen molar-refractivity contribution in [2.45, 2.75) is 79.8 Å². The number of rotatable bonds is 4. The average molecular weight is 375 g/mol. The Bertz CT molecular complexity index is 812. The topological polar surface area (TPSA) is 27.1 Å². The minimum absolute atomic E-state index is 0.0111. The number of halogens is 2. The van der Waals surface area contributed by atoms with Crippen LogP contribution in [0.25, 0.3) is 0 Å². The molecule has 0 radical (unpaired) electrons. The van der Waals surface area contributed by atoms with Crippen LogP contribution < -0.4 is 0 Å². The standard InChI is InChI=1S/C23H32F2N2/c1-12(2)27(13(3)4)22(26)18-10-11-19(21(25)20(18)24)23(9)16(7)14(5)15(6)17(23)8/h10-13,26H,1-9H3. The smallest absolute Gasteiger partial charge is 0.170 e. The van der Waals surface area contributed by atoms with Gasteiger partial charge >= 0.3 is 0 Å². The lowest BCUT2D eigenvalue weighted by Gasteiger charge is -2.34. The summed E-state index contributed by atoms with van der Waals surface area (Å²) in [6, 6.07) is 3.25. The van der Waals surface area contributed by atoms with E-state index in [1.54, 1.807) is 17.0 Å². The second-order valence-corrected chi connectivity index (χ2v) is 8.36. The molecule has 0 aromatic heterocycles. The highest BCUT2D eigenvalue weighted by molar-refractivity contribution is 5.97. The summed E-state index contributed by atoms with van der Waals surface area (Å²) in [6.07, 6.45) is 0. The third-order valence-electron chi connectivity index (χ3n) is 6.43. The number of nitrogens with zero attached hydrogens (tertiary/aromatic N) is 1. The molecule has 1 N–H and O–H groups in total. The number of hydrogen-bond acceptors (Lipinski definition) is 1. The molecule has 1 aromatic carbocycles. The molecule has 0 fully saturated rings. The maximum absolute atomic E-state index is 15.3. The van der Waals surface area contributed by atoms with Crippen molar-refractivity contribution < 1.29 is 8.78 Å². The Morgan fingerprint density at radius 2 is 1.33 bits per heavy atom. The number of amidine groups is 1. The summed E-state index contributed by atoms with van der Waals surface area (Å²) in [6.45, 7) is 17.8. The van der Waals surface area contributed by atoms with Crippen molar-refractivity contribution in [1.82, 2.24) is 4.90 Å². The van der Waals surface area contributed by atoms with Crippen LogP contribution in [0, 0.1) is 17.0 Å². The molecule has 0 atom stereocenters. The average Bonchev–Trinajstić information content (AvgIpc) is 2.72. The molecule has 1 aliphatic carbocycles. The Morgan fingerprint density at radius 1 is 0.889 bits per heavy atom. The van der Waals surface area contributed by atoms with Crippen molar-refractivity contribution in [3.05, 3.63) is 57.2 Å². The summed E-state index contributed by atoms with van der Waals surface area (Å²) < 4.78 is 30.3. The minimum Gasteiger partial charge on any atom is -0.352 e. The second-order valence-electron chi connectivity index (χ2n) is 8.36. The Labute approximate surface area is 162 Å². The predicted octanol–water partition coefficient (Wildman–Crippen LogP) is 6.35. The van der Waals surface area contributed by atoms with Gasteiger partial charge in [-0.3, -0.25) is 5.41 Å². The maximum Gasteiger partial charge on any atom is 0.170 e. The molecule has 0 heterocycles. The highest BCUT2D eigenvalue weighted by Crippen LogP contribution is 2.49. The van der Waals surface area contributed by atoms with E-state index < -0.39 is 17.0 Å². The van der Waals surface area contributed by atoms with Crippen molar-refractivity contribution in [2.75, 3.05) is 0 Å². The Hall–Kier alpha value is -1.97. The zero-order chi connectivity index (χ0) is 20.8. The van der Waals surface area contributed by atoms with E-state index in [2.05, 4.69) is 0 Å². The zero-order valence-electron chi connectivity index (χ0n) is 18.0. The molecule has 0 spiro atoms. The molecule has 0 bridgehead atoms. The van der Waals surface area contributed by atoms with Gasteiger partial charge in [0, 0.05) is 23.1 Å². The zero-order valence-corrected chi connectivity index (χ0v) is 18.0. The largest absolute Gasteiger partial charge is 0.352 e. The molecule has 2 rings (SSSR count). The molecule has 0 amide bonds. The normalized spacial score (nSPS) is 16.8. The number of allylic oxidation sites excluding steroid dienone is 4. The van der Waals surface area contributed by atoms with Gasteiger partial charge in [0.1, 0.15) is 5.84 Å². The van der Waals surface area contributed by atoms with Crippen molar-refractivity contribution in [2.24, 2.45) is 0 Å². The van der Waals surface area contributed by atoms with E-state index in [-0.39, 0.29) is 23.5 Å². The van der Waals surface area contributed by atoms with Gasteiger partial charge in [0.25, 0.3) is 0 Å². The van der Waals surface area contributed by atoms with E-state index in [4.69, 9.17) is 5.41 Å². The predicted molar refractivity (Wildman–Crippen MR) is 109 cm³/mol. The van der Waals surface area contributed by atoms with E-state index in [1.807, 2.05) is 62.3 Å². The molecular weight excluding hydrogens is 342 g/mol. The molecular formula is C23H32F2N2. The monoisotopic (exact) mass is 374 g/mol. The maximum atomic E-state index is 15.3. The quantitative estimate of drug-likeness (QED) is 0.482. The first-order valence-corrected chi connectivity index (χ1v) is 9.59. The fourth-order valence-corrected chi connectivity index (χ4v) is 4.37. The fourth-order valence-electron chi connectivity index (χ4n) is 4.37. The highest BCUT2D eigenvalue weighted by Gasteiger charge is 2.40. The van der Waals surface area contributed by atoms with Crippen LogP contribution in [0.1, 0.15) is 73.4 Å². The number of benzene rings is 1. The van der Waals surface area contributed by atoms with Crippen LogP contribution in [0.2, 0.25) is 0 Å². The molecule has 0 saturated heterocycles. The highest BCUT2D eigenvalue weighted by atomic mass is 19.2. The lowest BCUT2D eigenvalue weighted by Crippen LogP contribution is -2.42. The Balaban J connectivity index is 2.62. The van der Waals surface area contributed by atoms with Crippen LogP contribution in [0.4, 0.5) is 8.78 Å². The van der Waals surface area contributed by atoms with Gasteiger partial charge in [-0.15, -0.1) is 0 Å². The first-order valence-electron chi connectivity index (χ1n) is 9.59. The molecule has 148 valence electrons. The van der Waals surface area contributed by atoms with Crippen molar-refractivity contribution in [1.29, 1.82) is 5.41 Å². The third-order valence-corrected chi connectivity index (χ3v) is 6.43. The first kappa shape index (κ1) is 21.3. The fraction of sp³-hybridized carbons (Fsp3) is 0.522. The minimum atomic E-state index is -0.937. The van der Waals surface area contributed by atoms with Crippen LogP contribution in [-0.2, 0) is 5.41 Å². The van der Waals surface area contributed by atoms with E-state index in [9.17, 15) is 0 Å². The number of hydrogen-bond donors (Lipinski definition) is 1. The summed E-state index contributed by atoms with van der Waals surface area (Å²) in [5.74, 6) is -1.77. The Kier molecular flexibility index (Phi) is 5.70. The van der Waals surface area contributed by atoms with Gasteiger partial charge < -0.3 is 4.90 Å². The summed E-state index contributed by atoms with van der Waals surface area (Å²) in [7, 11) is 0. The van der Waals surface area contributed by atoms with Gasteiger partial charge in [0.05, 0.1) is 5.56 Å². The van der Waals surface area contributed by atoms with E-state index in [0.717, 1.165) is 22.3 Å². The lowest BCUT2D eigenvalue weighted by atomic mass is 9.73. The van der Waals surface area contributed by atoms with Gasteiger partial charge in [-0.1, -0.05) is 17.2 Å². The van der Waals surface area contributed by atoms with E-state index in [0.29, 0.717) is 5.56 Å². The third kappa shape index (κ3) is 3.13. The van der Waals surface area contributed by atoms with Gasteiger partial charge in [-0.2, -0.15) is 0 Å². The van der Waals surface area contributed by atoms with Crippen molar-refractivity contribution >= 4 is 5.84 Å². The second kappa shape index (κ2) is 7.21. The van der Waals surface area contributed by atoms with Crippen LogP contribution in [0.5, 0.6) is 0 Å². The summed E-state index contributed by atoms with van der Waals surface area (Å²) in [5.41, 5.74) is 4.06. The van der Waals surface area contributed by atoms with Gasteiger partial charge in [-0.25, -0.2) is 8.78 Å². The van der Waals surface area contributed by atoms with Gasteiger partial charge in [0.15, 0.2) is 11.6 Å². The SMILES string of the molecule is CC1=C(C)C(C)(c2ccc(C(=N)N(C(C)C)C(C)C)c(F)c2F)C(C)=C1C. The molecule has 2 nitrogen and oxygen atoms in total. The van der Waals surface area contributed by atoms with Crippen molar-refractivity contribution in [3.8, 4) is 0 Å². The first-order chi connectivity index (χ1) is 12.4. The van der Waals surface area contributed by atoms with E-state index in [1.165, 1.54) is 0 Å². The molecule has 0 unspecified atom stereocenters. The van der Waals surface area contributed by atoms with Gasteiger partial charge in [0.2, 0.25) is 0 Å².